The molecule has 3 aromatic rings. The molecule has 1 N–H and O–H groups in total. The average molecular weight is 340 g/mol. The maximum absolute atomic E-state index is 13.2. The summed E-state index contributed by atoms with van der Waals surface area (Å²) in [7, 11) is 1.56. The monoisotopic (exact) mass is 340 g/mol. The first-order valence-electron chi connectivity index (χ1n) is 7.74. The van der Waals surface area contributed by atoms with E-state index < -0.39 is 5.91 Å². The molecule has 25 heavy (non-hydrogen) atoms. The van der Waals surface area contributed by atoms with Gasteiger partial charge in [0, 0.05) is 19.2 Å². The Bertz CT molecular complexity index is 847. The van der Waals surface area contributed by atoms with Gasteiger partial charge in [-0.1, -0.05) is 18.2 Å². The van der Waals surface area contributed by atoms with Crippen LogP contribution in [0.25, 0.3) is 17.1 Å². The lowest BCUT2D eigenvalue weighted by Crippen LogP contribution is -2.28. The number of halogens is 1. The SMILES string of the molecule is COCCNC(=O)c1nc(-c2ccc(F)cc2)n(-c2ccccc2)n1. The minimum atomic E-state index is -0.393. The molecule has 0 radical (unpaired) electrons. The zero-order valence-corrected chi connectivity index (χ0v) is 13.6. The van der Waals surface area contributed by atoms with Crippen molar-refractivity contribution in [2.24, 2.45) is 0 Å². The number of ether oxygens (including phenoxy) is 1. The first kappa shape index (κ1) is 16.8. The second-order valence-corrected chi connectivity index (χ2v) is 5.26. The molecule has 0 saturated heterocycles. The fourth-order valence-electron chi connectivity index (χ4n) is 2.29. The van der Waals surface area contributed by atoms with Gasteiger partial charge in [0.15, 0.2) is 5.82 Å². The molecule has 0 aliphatic heterocycles. The van der Waals surface area contributed by atoms with Gasteiger partial charge in [-0.25, -0.2) is 14.1 Å². The Labute approximate surface area is 144 Å². The van der Waals surface area contributed by atoms with Gasteiger partial charge in [-0.15, -0.1) is 5.10 Å². The van der Waals surface area contributed by atoms with Crippen molar-refractivity contribution in [2.75, 3.05) is 20.3 Å². The third-order valence-corrected chi connectivity index (χ3v) is 3.51. The van der Waals surface area contributed by atoms with Crippen LogP contribution in [0.4, 0.5) is 4.39 Å². The van der Waals surface area contributed by atoms with Crippen molar-refractivity contribution in [1.29, 1.82) is 0 Å². The summed E-state index contributed by atoms with van der Waals surface area (Å²) in [4.78, 5) is 16.6. The number of methoxy groups -OCH3 is 1. The van der Waals surface area contributed by atoms with Gasteiger partial charge in [0.2, 0.25) is 5.82 Å². The van der Waals surface area contributed by atoms with E-state index in [2.05, 4.69) is 15.4 Å². The minimum absolute atomic E-state index is 0.0410. The fourth-order valence-corrected chi connectivity index (χ4v) is 2.29. The van der Waals surface area contributed by atoms with Crippen LogP contribution in [-0.4, -0.2) is 40.9 Å². The standard InChI is InChI=1S/C18H17FN4O2/c1-25-12-11-20-18(24)16-21-17(13-7-9-14(19)10-8-13)23(22-16)15-5-3-2-4-6-15/h2-10H,11-12H2,1H3,(H,20,24). The van der Waals surface area contributed by atoms with Gasteiger partial charge in [0.1, 0.15) is 5.82 Å². The van der Waals surface area contributed by atoms with E-state index in [1.807, 2.05) is 30.3 Å². The number of aromatic nitrogens is 3. The molecule has 0 fully saturated rings. The molecule has 0 bridgehead atoms. The van der Waals surface area contributed by atoms with Crippen molar-refractivity contribution in [3.8, 4) is 17.1 Å². The lowest BCUT2D eigenvalue weighted by atomic mass is 10.2. The van der Waals surface area contributed by atoms with Gasteiger partial charge in [0.25, 0.3) is 5.91 Å². The molecule has 128 valence electrons. The number of benzene rings is 2. The van der Waals surface area contributed by atoms with Crippen LogP contribution in [0.5, 0.6) is 0 Å². The first-order chi connectivity index (χ1) is 12.2. The Morgan fingerprint density at radius 2 is 1.88 bits per heavy atom. The normalized spacial score (nSPS) is 10.6. The number of carbonyl (C=O) groups excluding carboxylic acids is 1. The molecular weight excluding hydrogens is 323 g/mol. The molecule has 6 nitrogen and oxygen atoms in total. The molecule has 1 heterocycles. The third-order valence-electron chi connectivity index (χ3n) is 3.51. The lowest BCUT2D eigenvalue weighted by molar-refractivity contribution is 0.0927. The fraction of sp³-hybridized carbons (Fsp3) is 0.167. The highest BCUT2D eigenvalue weighted by atomic mass is 19.1. The summed E-state index contributed by atoms with van der Waals surface area (Å²) in [6.07, 6.45) is 0. The second kappa shape index (κ2) is 7.67. The summed E-state index contributed by atoms with van der Waals surface area (Å²) < 4.78 is 19.7. The van der Waals surface area contributed by atoms with Crippen molar-refractivity contribution in [2.45, 2.75) is 0 Å². The number of carbonyl (C=O) groups is 1. The van der Waals surface area contributed by atoms with Crippen molar-refractivity contribution >= 4 is 5.91 Å². The summed E-state index contributed by atoms with van der Waals surface area (Å²) in [5.41, 5.74) is 1.42. The zero-order chi connectivity index (χ0) is 17.6. The number of nitrogens with one attached hydrogen (secondary N) is 1. The van der Waals surface area contributed by atoms with Crippen LogP contribution in [-0.2, 0) is 4.74 Å². The van der Waals surface area contributed by atoms with Crippen molar-refractivity contribution in [1.82, 2.24) is 20.1 Å². The molecule has 0 aliphatic carbocycles. The lowest BCUT2D eigenvalue weighted by Gasteiger charge is -2.05. The van der Waals surface area contributed by atoms with E-state index in [0.717, 1.165) is 5.69 Å². The largest absolute Gasteiger partial charge is 0.383 e. The van der Waals surface area contributed by atoms with Crippen molar-refractivity contribution in [3.05, 3.63) is 66.2 Å². The average Bonchev–Trinajstić information content (AvgIpc) is 3.09. The van der Waals surface area contributed by atoms with Crippen LogP contribution in [0.2, 0.25) is 0 Å². The Morgan fingerprint density at radius 1 is 1.16 bits per heavy atom. The van der Waals surface area contributed by atoms with E-state index >= 15 is 0 Å². The predicted molar refractivity (Wildman–Crippen MR) is 91.0 cm³/mol. The van der Waals surface area contributed by atoms with Crippen LogP contribution < -0.4 is 5.32 Å². The maximum atomic E-state index is 13.2. The summed E-state index contributed by atoms with van der Waals surface area (Å²) >= 11 is 0. The van der Waals surface area contributed by atoms with Gasteiger partial charge in [-0.2, -0.15) is 0 Å². The minimum Gasteiger partial charge on any atom is -0.383 e. The Morgan fingerprint density at radius 3 is 2.56 bits per heavy atom. The molecule has 1 aromatic heterocycles. The summed E-state index contributed by atoms with van der Waals surface area (Å²) in [5, 5.41) is 7.01. The summed E-state index contributed by atoms with van der Waals surface area (Å²) in [6, 6.07) is 15.2. The molecule has 0 aliphatic rings. The highest BCUT2D eigenvalue weighted by Gasteiger charge is 2.18. The van der Waals surface area contributed by atoms with Gasteiger partial charge in [0.05, 0.1) is 12.3 Å². The van der Waals surface area contributed by atoms with E-state index in [1.165, 1.54) is 12.1 Å². The number of para-hydroxylation sites is 1. The maximum Gasteiger partial charge on any atom is 0.291 e. The summed E-state index contributed by atoms with van der Waals surface area (Å²) in [6.45, 7) is 0.761. The Kier molecular flexibility index (Phi) is 5.15. The Balaban J connectivity index is 2.00. The van der Waals surface area contributed by atoms with Gasteiger partial charge in [-0.3, -0.25) is 4.79 Å². The molecule has 7 heteroatoms. The second-order valence-electron chi connectivity index (χ2n) is 5.26. The quantitative estimate of drug-likeness (QED) is 0.700. The molecule has 2 aromatic carbocycles. The predicted octanol–water partition coefficient (Wildman–Crippen LogP) is 2.45. The Hall–Kier alpha value is -3.06. The molecule has 0 spiro atoms. The van der Waals surface area contributed by atoms with Crippen LogP contribution >= 0.6 is 0 Å². The molecule has 1 amide bonds. The number of hydrogen-bond donors (Lipinski definition) is 1. The molecular formula is C18H17FN4O2. The summed E-state index contributed by atoms with van der Waals surface area (Å²) in [5.74, 6) is -0.232. The molecule has 0 unspecified atom stereocenters. The highest BCUT2D eigenvalue weighted by Crippen LogP contribution is 2.21. The number of hydrogen-bond acceptors (Lipinski definition) is 4. The first-order valence-corrected chi connectivity index (χ1v) is 7.74. The highest BCUT2D eigenvalue weighted by molar-refractivity contribution is 5.91. The smallest absolute Gasteiger partial charge is 0.291 e. The zero-order valence-electron chi connectivity index (χ0n) is 13.6. The van der Waals surface area contributed by atoms with E-state index in [-0.39, 0.29) is 11.6 Å². The van der Waals surface area contributed by atoms with Gasteiger partial charge in [-0.05, 0) is 36.4 Å². The van der Waals surface area contributed by atoms with E-state index in [0.29, 0.717) is 24.5 Å². The van der Waals surface area contributed by atoms with E-state index in [1.54, 1.807) is 23.9 Å². The van der Waals surface area contributed by atoms with Gasteiger partial charge < -0.3 is 10.1 Å². The molecule has 0 atom stereocenters. The van der Waals surface area contributed by atoms with Crippen molar-refractivity contribution < 1.29 is 13.9 Å². The molecule has 0 saturated carbocycles. The topological polar surface area (TPSA) is 69.0 Å². The number of nitrogens with zero attached hydrogens (tertiary/aromatic N) is 3. The number of rotatable bonds is 6. The van der Waals surface area contributed by atoms with E-state index in [4.69, 9.17) is 4.74 Å². The third kappa shape index (κ3) is 3.89. The van der Waals surface area contributed by atoms with E-state index in [9.17, 15) is 9.18 Å². The van der Waals surface area contributed by atoms with Crippen molar-refractivity contribution in [3.63, 3.8) is 0 Å². The van der Waals surface area contributed by atoms with Gasteiger partial charge >= 0.3 is 0 Å². The van der Waals surface area contributed by atoms with Crippen LogP contribution in [0.15, 0.2) is 54.6 Å². The van der Waals surface area contributed by atoms with Crippen LogP contribution in [0, 0.1) is 5.82 Å². The van der Waals surface area contributed by atoms with Crippen LogP contribution in [0.1, 0.15) is 10.6 Å². The number of amides is 1. The molecule has 3 rings (SSSR count). The van der Waals surface area contributed by atoms with Crippen LogP contribution in [0.3, 0.4) is 0 Å².